The van der Waals surface area contributed by atoms with E-state index in [1.165, 1.54) is 16.4 Å². The fourth-order valence-corrected chi connectivity index (χ4v) is 1.88. The zero-order valence-electron chi connectivity index (χ0n) is 8.08. The van der Waals surface area contributed by atoms with E-state index in [1.807, 2.05) is 12.1 Å². The SMILES string of the molecule is SCCCCCOc1cccc(I)c1. The first kappa shape index (κ1) is 12.2. The second kappa shape index (κ2) is 7.40. The lowest BCUT2D eigenvalue weighted by atomic mass is 10.3. The van der Waals surface area contributed by atoms with Gasteiger partial charge in [-0.1, -0.05) is 6.07 Å². The molecule has 1 rings (SSSR count). The van der Waals surface area contributed by atoms with Crippen LogP contribution in [-0.2, 0) is 0 Å². The van der Waals surface area contributed by atoms with Crippen molar-refractivity contribution in [1.82, 2.24) is 0 Å². The third-order valence-electron chi connectivity index (χ3n) is 1.87. The first-order chi connectivity index (χ1) is 6.83. The molecule has 1 aromatic carbocycles. The normalized spacial score (nSPS) is 10.1. The van der Waals surface area contributed by atoms with Crippen molar-refractivity contribution in [3.8, 4) is 5.75 Å². The zero-order chi connectivity index (χ0) is 10.2. The molecule has 0 aliphatic heterocycles. The van der Waals surface area contributed by atoms with Crippen LogP contribution in [0.2, 0.25) is 0 Å². The number of unbranched alkanes of at least 4 members (excludes halogenated alkanes) is 2. The Bertz CT molecular complexity index is 265. The maximum atomic E-state index is 5.60. The third-order valence-corrected chi connectivity index (χ3v) is 2.85. The molecule has 0 spiro atoms. The van der Waals surface area contributed by atoms with Gasteiger partial charge in [0.05, 0.1) is 6.61 Å². The van der Waals surface area contributed by atoms with Gasteiger partial charge in [-0.05, 0) is 65.8 Å². The quantitative estimate of drug-likeness (QED) is 0.476. The van der Waals surface area contributed by atoms with Crippen LogP contribution in [0.1, 0.15) is 19.3 Å². The van der Waals surface area contributed by atoms with Gasteiger partial charge in [0.25, 0.3) is 0 Å². The van der Waals surface area contributed by atoms with Crippen LogP contribution in [0.5, 0.6) is 5.75 Å². The van der Waals surface area contributed by atoms with Gasteiger partial charge in [0.2, 0.25) is 0 Å². The largest absolute Gasteiger partial charge is 0.494 e. The van der Waals surface area contributed by atoms with E-state index < -0.39 is 0 Å². The molecule has 78 valence electrons. The maximum absolute atomic E-state index is 5.60. The lowest BCUT2D eigenvalue weighted by molar-refractivity contribution is 0.306. The molecule has 0 unspecified atom stereocenters. The molecule has 0 N–H and O–H groups in total. The maximum Gasteiger partial charge on any atom is 0.120 e. The minimum Gasteiger partial charge on any atom is -0.494 e. The molecule has 0 amide bonds. The van der Waals surface area contributed by atoms with E-state index in [-0.39, 0.29) is 0 Å². The number of thiol groups is 1. The fourth-order valence-electron chi connectivity index (χ4n) is 1.14. The van der Waals surface area contributed by atoms with Crippen LogP contribution in [-0.4, -0.2) is 12.4 Å². The summed E-state index contributed by atoms with van der Waals surface area (Å²) in [7, 11) is 0. The summed E-state index contributed by atoms with van der Waals surface area (Å²) in [5, 5.41) is 0. The summed E-state index contributed by atoms with van der Waals surface area (Å²) >= 11 is 6.45. The molecule has 0 aliphatic carbocycles. The van der Waals surface area contributed by atoms with Crippen molar-refractivity contribution < 1.29 is 4.74 Å². The molecule has 0 saturated carbocycles. The first-order valence-electron chi connectivity index (χ1n) is 4.82. The molecule has 3 heteroatoms. The highest BCUT2D eigenvalue weighted by atomic mass is 127. The predicted octanol–water partition coefficient (Wildman–Crippen LogP) is 3.77. The van der Waals surface area contributed by atoms with Crippen LogP contribution in [0.15, 0.2) is 24.3 Å². The summed E-state index contributed by atoms with van der Waals surface area (Å²) in [6.45, 7) is 0.813. The Labute approximate surface area is 105 Å². The van der Waals surface area contributed by atoms with Gasteiger partial charge in [0, 0.05) is 3.57 Å². The van der Waals surface area contributed by atoms with E-state index >= 15 is 0 Å². The second-order valence-corrected chi connectivity index (χ2v) is 4.78. The van der Waals surface area contributed by atoms with E-state index in [9.17, 15) is 0 Å². The third kappa shape index (κ3) is 5.10. The Morgan fingerprint density at radius 1 is 1.21 bits per heavy atom. The predicted molar refractivity (Wildman–Crippen MR) is 72.4 cm³/mol. The summed E-state index contributed by atoms with van der Waals surface area (Å²) in [6.07, 6.45) is 3.50. The lowest BCUT2D eigenvalue weighted by Gasteiger charge is -2.05. The van der Waals surface area contributed by atoms with Gasteiger partial charge in [-0.25, -0.2) is 0 Å². The molecule has 0 bridgehead atoms. The van der Waals surface area contributed by atoms with Crippen molar-refractivity contribution in [2.75, 3.05) is 12.4 Å². The van der Waals surface area contributed by atoms with Gasteiger partial charge in [0.15, 0.2) is 0 Å². The number of halogens is 1. The molecule has 0 heterocycles. The Morgan fingerprint density at radius 2 is 2.07 bits per heavy atom. The Kier molecular flexibility index (Phi) is 6.43. The molecule has 1 aromatic rings. The van der Waals surface area contributed by atoms with Crippen LogP contribution in [0, 0.1) is 3.57 Å². The van der Waals surface area contributed by atoms with E-state index in [0.29, 0.717) is 0 Å². The molecular weight excluding hydrogens is 307 g/mol. The highest BCUT2D eigenvalue weighted by Crippen LogP contribution is 2.15. The Hall–Kier alpha value is 0.100. The Morgan fingerprint density at radius 3 is 2.79 bits per heavy atom. The summed E-state index contributed by atoms with van der Waals surface area (Å²) in [5.74, 6) is 1.95. The average Bonchev–Trinajstić information content (AvgIpc) is 2.18. The summed E-state index contributed by atoms with van der Waals surface area (Å²) < 4.78 is 6.82. The molecule has 0 aliphatic rings. The van der Waals surface area contributed by atoms with E-state index in [1.54, 1.807) is 0 Å². The second-order valence-electron chi connectivity index (χ2n) is 3.09. The van der Waals surface area contributed by atoms with Crippen molar-refractivity contribution in [2.45, 2.75) is 19.3 Å². The smallest absolute Gasteiger partial charge is 0.120 e. The number of ether oxygens (including phenoxy) is 1. The minimum absolute atomic E-state index is 0.813. The van der Waals surface area contributed by atoms with E-state index in [2.05, 4.69) is 47.4 Å². The highest BCUT2D eigenvalue weighted by Gasteiger charge is 1.94. The number of hydrogen-bond donors (Lipinski definition) is 1. The molecule has 14 heavy (non-hydrogen) atoms. The first-order valence-corrected chi connectivity index (χ1v) is 6.53. The molecule has 0 saturated heterocycles. The highest BCUT2D eigenvalue weighted by molar-refractivity contribution is 14.1. The van der Waals surface area contributed by atoms with Crippen LogP contribution in [0.3, 0.4) is 0 Å². The Balaban J connectivity index is 2.18. The molecular formula is C11H15IOS. The van der Waals surface area contributed by atoms with Crippen LogP contribution in [0.25, 0.3) is 0 Å². The van der Waals surface area contributed by atoms with Gasteiger partial charge < -0.3 is 4.74 Å². The lowest BCUT2D eigenvalue weighted by Crippen LogP contribution is -1.97. The topological polar surface area (TPSA) is 9.23 Å². The number of hydrogen-bond acceptors (Lipinski definition) is 2. The van der Waals surface area contributed by atoms with Gasteiger partial charge in [-0.2, -0.15) is 12.6 Å². The van der Waals surface area contributed by atoms with E-state index in [0.717, 1.165) is 24.5 Å². The van der Waals surface area contributed by atoms with Crippen molar-refractivity contribution >= 4 is 35.2 Å². The van der Waals surface area contributed by atoms with E-state index in [4.69, 9.17) is 4.74 Å². The molecule has 1 nitrogen and oxygen atoms in total. The zero-order valence-corrected chi connectivity index (χ0v) is 11.1. The summed E-state index contributed by atoms with van der Waals surface area (Å²) in [6, 6.07) is 8.14. The van der Waals surface area contributed by atoms with Crippen LogP contribution in [0.4, 0.5) is 0 Å². The number of benzene rings is 1. The van der Waals surface area contributed by atoms with Gasteiger partial charge in [0.1, 0.15) is 5.75 Å². The van der Waals surface area contributed by atoms with Crippen LogP contribution < -0.4 is 4.74 Å². The minimum atomic E-state index is 0.813. The van der Waals surface area contributed by atoms with Crippen molar-refractivity contribution in [3.05, 3.63) is 27.8 Å². The molecule has 0 atom stereocenters. The van der Waals surface area contributed by atoms with Crippen molar-refractivity contribution in [1.29, 1.82) is 0 Å². The van der Waals surface area contributed by atoms with Crippen LogP contribution >= 0.6 is 35.2 Å². The summed E-state index contributed by atoms with van der Waals surface area (Å²) in [4.78, 5) is 0. The molecule has 0 fully saturated rings. The van der Waals surface area contributed by atoms with Crippen molar-refractivity contribution in [2.24, 2.45) is 0 Å². The fraction of sp³-hybridized carbons (Fsp3) is 0.455. The van der Waals surface area contributed by atoms with Gasteiger partial charge >= 0.3 is 0 Å². The van der Waals surface area contributed by atoms with Gasteiger partial charge in [-0.3, -0.25) is 0 Å². The monoisotopic (exact) mass is 322 g/mol. The van der Waals surface area contributed by atoms with Gasteiger partial charge in [-0.15, -0.1) is 0 Å². The molecule has 0 aromatic heterocycles. The molecule has 0 radical (unpaired) electrons. The standard InChI is InChI=1S/C11H15IOS/c12-10-5-4-6-11(9-10)13-7-2-1-3-8-14/h4-6,9,14H,1-3,7-8H2. The number of rotatable bonds is 6. The average molecular weight is 322 g/mol. The van der Waals surface area contributed by atoms with Crippen molar-refractivity contribution in [3.63, 3.8) is 0 Å². The summed E-state index contributed by atoms with van der Waals surface area (Å²) in [5.41, 5.74) is 0.